The molecule has 2 aliphatic rings. The van der Waals surface area contributed by atoms with Crippen LogP contribution in [0.2, 0.25) is 0 Å². The van der Waals surface area contributed by atoms with E-state index < -0.39 is 15.8 Å². The van der Waals surface area contributed by atoms with Crippen molar-refractivity contribution in [2.75, 3.05) is 0 Å². The zero-order valence-corrected chi connectivity index (χ0v) is 13.0. The Bertz CT molecular complexity index is 690. The monoisotopic (exact) mass is 328 g/mol. The van der Waals surface area contributed by atoms with Gasteiger partial charge in [-0.1, -0.05) is 24.7 Å². The molecule has 3 atom stereocenters. The quantitative estimate of drug-likeness (QED) is 0.829. The summed E-state index contributed by atoms with van der Waals surface area (Å²) in [4.78, 5) is -0.417. The molecule has 4 nitrogen and oxygen atoms in total. The highest BCUT2D eigenvalue weighted by atomic mass is 32.2. The lowest BCUT2D eigenvalue weighted by Gasteiger charge is -2.23. The average Bonchev–Trinajstić information content (AvgIpc) is 2.99. The second kappa shape index (κ2) is 5.30. The van der Waals surface area contributed by atoms with E-state index in [2.05, 4.69) is 4.72 Å². The van der Waals surface area contributed by atoms with Gasteiger partial charge < -0.3 is 5.73 Å². The third-order valence-corrected chi connectivity index (χ3v) is 6.29. The predicted molar refractivity (Wildman–Crippen MR) is 81.8 cm³/mol. The number of halogens is 1. The van der Waals surface area contributed by atoms with Crippen molar-refractivity contribution in [2.45, 2.75) is 36.6 Å². The molecule has 0 heterocycles. The van der Waals surface area contributed by atoms with E-state index in [-0.39, 0.29) is 21.5 Å². The number of hydrogen-bond acceptors (Lipinski definition) is 3. The van der Waals surface area contributed by atoms with Gasteiger partial charge in [-0.25, -0.2) is 17.5 Å². The number of benzene rings is 1. The van der Waals surface area contributed by atoms with Gasteiger partial charge in [-0.05, 0) is 43.2 Å². The topological polar surface area (TPSA) is 72.2 Å². The highest BCUT2D eigenvalue weighted by Gasteiger charge is 2.41. The lowest BCUT2D eigenvalue weighted by Crippen LogP contribution is -2.39. The van der Waals surface area contributed by atoms with E-state index in [0.717, 1.165) is 25.3 Å². The standard InChI is InChI=1S/C14H17FN2O2S2/c15-10-2-1-3-12(13(10)14(16)20)21(18,19)17-11-7-8-4-5-9(11)6-8/h1-3,8-9,11,17H,4-7H2,(H2,16,20). The molecule has 114 valence electrons. The van der Waals surface area contributed by atoms with Crippen molar-refractivity contribution in [1.29, 1.82) is 0 Å². The Hall–Kier alpha value is -1.05. The van der Waals surface area contributed by atoms with Gasteiger partial charge in [0.1, 0.15) is 10.8 Å². The third-order valence-electron chi connectivity index (χ3n) is 4.56. The van der Waals surface area contributed by atoms with Crippen LogP contribution in [0.1, 0.15) is 31.2 Å². The van der Waals surface area contributed by atoms with Crippen molar-refractivity contribution in [3.05, 3.63) is 29.6 Å². The van der Waals surface area contributed by atoms with Crippen LogP contribution in [0.3, 0.4) is 0 Å². The lowest BCUT2D eigenvalue weighted by atomic mass is 9.96. The van der Waals surface area contributed by atoms with Crippen LogP contribution in [0.4, 0.5) is 4.39 Å². The first-order valence-electron chi connectivity index (χ1n) is 6.99. The summed E-state index contributed by atoms with van der Waals surface area (Å²) in [5.74, 6) is 0.301. The first-order valence-corrected chi connectivity index (χ1v) is 8.88. The van der Waals surface area contributed by atoms with Crippen molar-refractivity contribution >= 4 is 27.2 Å². The number of thiocarbonyl (C=S) groups is 1. The van der Waals surface area contributed by atoms with Gasteiger partial charge >= 0.3 is 0 Å². The first-order chi connectivity index (χ1) is 9.88. The van der Waals surface area contributed by atoms with E-state index in [1.807, 2.05) is 0 Å². The summed E-state index contributed by atoms with van der Waals surface area (Å²) < 4.78 is 41.6. The second-order valence-electron chi connectivity index (χ2n) is 5.88. The van der Waals surface area contributed by atoms with Crippen LogP contribution >= 0.6 is 12.2 Å². The minimum absolute atomic E-state index is 0.0591. The molecule has 7 heteroatoms. The maximum absolute atomic E-state index is 13.8. The van der Waals surface area contributed by atoms with Crippen LogP contribution in [0.15, 0.2) is 23.1 Å². The fraction of sp³-hybridized carbons (Fsp3) is 0.500. The van der Waals surface area contributed by atoms with Gasteiger partial charge in [-0.15, -0.1) is 0 Å². The molecule has 2 saturated carbocycles. The molecule has 2 aliphatic carbocycles. The number of nitrogens with two attached hydrogens (primary N) is 1. The van der Waals surface area contributed by atoms with Crippen LogP contribution in [0, 0.1) is 17.7 Å². The Balaban J connectivity index is 1.92. The van der Waals surface area contributed by atoms with Crippen molar-refractivity contribution in [1.82, 2.24) is 4.72 Å². The van der Waals surface area contributed by atoms with Crippen molar-refractivity contribution < 1.29 is 12.8 Å². The van der Waals surface area contributed by atoms with Gasteiger partial charge in [0, 0.05) is 6.04 Å². The summed E-state index contributed by atoms with van der Waals surface area (Å²) in [6, 6.07) is 3.79. The summed E-state index contributed by atoms with van der Waals surface area (Å²) in [5, 5.41) is 0. The Labute approximate surface area is 129 Å². The van der Waals surface area contributed by atoms with Gasteiger partial charge in [0.05, 0.1) is 10.5 Å². The van der Waals surface area contributed by atoms with Crippen molar-refractivity contribution in [3.63, 3.8) is 0 Å². The molecule has 2 bridgehead atoms. The minimum Gasteiger partial charge on any atom is -0.389 e. The Kier molecular flexibility index (Phi) is 3.75. The van der Waals surface area contributed by atoms with Crippen LogP contribution in [-0.4, -0.2) is 19.4 Å². The third kappa shape index (κ3) is 2.69. The zero-order valence-electron chi connectivity index (χ0n) is 11.4. The van der Waals surface area contributed by atoms with E-state index in [0.29, 0.717) is 11.8 Å². The Morgan fingerprint density at radius 2 is 2.10 bits per heavy atom. The molecule has 3 N–H and O–H groups in total. The number of fused-ring (bicyclic) bond motifs is 2. The van der Waals surface area contributed by atoms with Crippen LogP contribution < -0.4 is 10.5 Å². The highest BCUT2D eigenvalue weighted by molar-refractivity contribution is 7.89. The normalized spacial score (nSPS) is 28.0. The SMILES string of the molecule is NC(=S)c1c(F)cccc1S(=O)(=O)NC1CC2CCC1C2. The number of hydrogen-bond donors (Lipinski definition) is 2. The number of nitrogens with one attached hydrogen (secondary N) is 1. The van der Waals surface area contributed by atoms with Gasteiger partial charge in [-0.3, -0.25) is 0 Å². The Morgan fingerprint density at radius 3 is 2.67 bits per heavy atom. The first kappa shape index (κ1) is 14.9. The predicted octanol–water partition coefficient (Wildman–Crippen LogP) is 1.93. The van der Waals surface area contributed by atoms with Crippen molar-refractivity contribution in [3.8, 4) is 0 Å². The molecule has 2 fully saturated rings. The smallest absolute Gasteiger partial charge is 0.241 e. The summed E-state index contributed by atoms with van der Waals surface area (Å²) in [6.07, 6.45) is 4.18. The summed E-state index contributed by atoms with van der Waals surface area (Å²) in [5.41, 5.74) is 5.27. The minimum atomic E-state index is -3.82. The molecule has 3 unspecified atom stereocenters. The zero-order chi connectivity index (χ0) is 15.2. The van der Waals surface area contributed by atoms with Crippen LogP contribution in [0.25, 0.3) is 0 Å². The van der Waals surface area contributed by atoms with E-state index in [1.165, 1.54) is 18.6 Å². The van der Waals surface area contributed by atoms with Gasteiger partial charge in [0.2, 0.25) is 10.0 Å². The summed E-state index contributed by atoms with van der Waals surface area (Å²) >= 11 is 4.79. The van der Waals surface area contributed by atoms with E-state index in [1.54, 1.807) is 0 Å². The molecule has 0 amide bonds. The molecule has 0 spiro atoms. The second-order valence-corrected chi connectivity index (χ2v) is 8.00. The maximum atomic E-state index is 13.8. The molecule has 0 aromatic heterocycles. The van der Waals surface area contributed by atoms with Crippen LogP contribution in [-0.2, 0) is 10.0 Å². The van der Waals surface area contributed by atoms with Gasteiger partial charge in [-0.2, -0.15) is 0 Å². The van der Waals surface area contributed by atoms with Crippen LogP contribution in [0.5, 0.6) is 0 Å². The van der Waals surface area contributed by atoms with Gasteiger partial charge in [0.15, 0.2) is 0 Å². The Morgan fingerprint density at radius 1 is 1.33 bits per heavy atom. The van der Waals surface area contributed by atoms with Gasteiger partial charge in [0.25, 0.3) is 0 Å². The fourth-order valence-corrected chi connectivity index (χ4v) is 5.44. The number of rotatable bonds is 4. The van der Waals surface area contributed by atoms with Crippen molar-refractivity contribution in [2.24, 2.45) is 17.6 Å². The summed E-state index contributed by atoms with van der Waals surface area (Å²) in [7, 11) is -3.82. The maximum Gasteiger partial charge on any atom is 0.241 e. The molecule has 0 radical (unpaired) electrons. The molecular weight excluding hydrogens is 311 g/mol. The summed E-state index contributed by atoms with van der Waals surface area (Å²) in [6.45, 7) is 0. The lowest BCUT2D eigenvalue weighted by molar-refractivity contribution is 0.390. The molecule has 21 heavy (non-hydrogen) atoms. The van der Waals surface area contributed by atoms with E-state index >= 15 is 0 Å². The highest BCUT2D eigenvalue weighted by Crippen LogP contribution is 2.44. The van der Waals surface area contributed by atoms with E-state index in [4.69, 9.17) is 18.0 Å². The fourth-order valence-electron chi connectivity index (χ4n) is 3.62. The molecule has 1 aromatic rings. The molecule has 0 saturated heterocycles. The number of sulfonamides is 1. The molecular formula is C14H17FN2O2S2. The van der Waals surface area contributed by atoms with E-state index in [9.17, 15) is 12.8 Å². The average molecular weight is 328 g/mol. The largest absolute Gasteiger partial charge is 0.389 e. The molecule has 0 aliphatic heterocycles. The molecule has 3 rings (SSSR count). The molecule has 1 aromatic carbocycles.